The Morgan fingerprint density at radius 2 is 1.63 bits per heavy atom. The molecule has 0 bridgehead atoms. The van der Waals surface area contributed by atoms with Crippen molar-refractivity contribution in [3.8, 4) is 5.75 Å². The summed E-state index contributed by atoms with van der Waals surface area (Å²) in [6, 6.07) is 10.6. The monoisotopic (exact) mass is 423 g/mol. The van der Waals surface area contributed by atoms with Crippen LogP contribution in [0.3, 0.4) is 0 Å². The summed E-state index contributed by atoms with van der Waals surface area (Å²) >= 11 is 5.84. The minimum Gasteiger partial charge on any atom is -0.493 e. The van der Waals surface area contributed by atoms with E-state index in [9.17, 15) is 9.59 Å². The van der Waals surface area contributed by atoms with Crippen molar-refractivity contribution >= 4 is 23.4 Å². The van der Waals surface area contributed by atoms with Gasteiger partial charge in [0.15, 0.2) is 0 Å². The summed E-state index contributed by atoms with van der Waals surface area (Å²) in [5, 5.41) is 5.89. The topological polar surface area (TPSA) is 106 Å². The zero-order valence-corrected chi connectivity index (χ0v) is 16.6. The van der Waals surface area contributed by atoms with Gasteiger partial charge in [0.2, 0.25) is 0 Å². The number of halogens is 1. The minimum atomic E-state index is -0.419. The molecule has 2 amide bonds. The second-order valence-electron chi connectivity index (χ2n) is 6.68. The average molecular weight is 424 g/mol. The van der Waals surface area contributed by atoms with E-state index >= 15 is 0 Å². The number of aromatic nitrogens is 3. The first-order valence-electron chi connectivity index (χ1n) is 9.32. The molecule has 30 heavy (non-hydrogen) atoms. The van der Waals surface area contributed by atoms with Gasteiger partial charge in [-0.2, -0.15) is 0 Å². The number of amides is 2. The third-order valence-corrected chi connectivity index (χ3v) is 4.79. The van der Waals surface area contributed by atoms with Crippen LogP contribution in [0.15, 0.2) is 48.9 Å². The lowest BCUT2D eigenvalue weighted by molar-refractivity contribution is 0.0944. The van der Waals surface area contributed by atoms with E-state index in [1.807, 2.05) is 18.2 Å². The minimum absolute atomic E-state index is 0.102. The Hall–Kier alpha value is -3.52. The number of fused-ring (bicyclic) bond motifs is 1. The summed E-state index contributed by atoms with van der Waals surface area (Å²) < 4.78 is 5.49. The van der Waals surface area contributed by atoms with E-state index in [4.69, 9.17) is 16.3 Å². The van der Waals surface area contributed by atoms with Crippen molar-refractivity contribution in [1.29, 1.82) is 0 Å². The Labute approximate surface area is 177 Å². The van der Waals surface area contributed by atoms with Gasteiger partial charge in [-0.25, -0.2) is 15.0 Å². The summed E-state index contributed by atoms with van der Waals surface area (Å²) in [6.45, 7) is 1.29. The molecule has 0 aliphatic carbocycles. The molecule has 1 aromatic carbocycles. The lowest BCUT2D eigenvalue weighted by Crippen LogP contribution is -2.27. The summed E-state index contributed by atoms with van der Waals surface area (Å²) in [5.41, 5.74) is 3.13. The van der Waals surface area contributed by atoms with Gasteiger partial charge in [0.05, 0.1) is 6.61 Å². The fourth-order valence-electron chi connectivity index (χ4n) is 3.05. The number of hydrogen-bond acceptors (Lipinski definition) is 6. The van der Waals surface area contributed by atoms with Crippen LogP contribution in [0.4, 0.5) is 0 Å². The SMILES string of the molecule is O=C(NCc1ccnc(Cl)c1)c1cc(C(=O)NCc2ccc3c(c2)CCO3)ncn1. The highest BCUT2D eigenvalue weighted by Crippen LogP contribution is 2.25. The second kappa shape index (κ2) is 8.87. The quantitative estimate of drug-likeness (QED) is 0.589. The van der Waals surface area contributed by atoms with Gasteiger partial charge in [-0.1, -0.05) is 23.7 Å². The third-order valence-electron chi connectivity index (χ3n) is 4.58. The first kappa shape index (κ1) is 19.8. The third kappa shape index (κ3) is 4.72. The van der Waals surface area contributed by atoms with Crippen molar-refractivity contribution in [2.45, 2.75) is 19.5 Å². The molecule has 4 rings (SSSR count). The van der Waals surface area contributed by atoms with Crippen LogP contribution >= 0.6 is 11.6 Å². The summed E-state index contributed by atoms with van der Waals surface area (Å²) in [6.07, 6.45) is 3.62. The molecule has 2 N–H and O–H groups in total. The number of ether oxygens (including phenoxy) is 1. The molecule has 8 nitrogen and oxygen atoms in total. The van der Waals surface area contributed by atoms with E-state index < -0.39 is 5.91 Å². The van der Waals surface area contributed by atoms with Gasteiger partial charge < -0.3 is 15.4 Å². The van der Waals surface area contributed by atoms with Crippen LogP contribution in [0.2, 0.25) is 5.15 Å². The van der Waals surface area contributed by atoms with Crippen LogP contribution in [0.1, 0.15) is 37.7 Å². The van der Waals surface area contributed by atoms with Crippen molar-refractivity contribution in [2.75, 3.05) is 6.61 Å². The Morgan fingerprint density at radius 1 is 0.933 bits per heavy atom. The number of carbonyl (C=O) groups is 2. The van der Waals surface area contributed by atoms with Crippen molar-refractivity contribution in [2.24, 2.45) is 0 Å². The zero-order valence-electron chi connectivity index (χ0n) is 15.9. The summed E-state index contributed by atoms with van der Waals surface area (Å²) in [5.74, 6) is 0.0905. The summed E-state index contributed by atoms with van der Waals surface area (Å²) in [4.78, 5) is 36.7. The smallest absolute Gasteiger partial charge is 0.270 e. The predicted octanol–water partition coefficient (Wildman–Crippen LogP) is 2.32. The lowest BCUT2D eigenvalue weighted by atomic mass is 10.1. The molecule has 9 heteroatoms. The van der Waals surface area contributed by atoms with E-state index in [1.54, 1.807) is 18.3 Å². The van der Waals surface area contributed by atoms with Crippen LogP contribution < -0.4 is 15.4 Å². The van der Waals surface area contributed by atoms with E-state index in [-0.39, 0.29) is 23.8 Å². The molecule has 0 atom stereocenters. The second-order valence-corrected chi connectivity index (χ2v) is 7.07. The molecule has 152 valence electrons. The molecule has 2 aromatic heterocycles. The molecule has 1 aliphatic heterocycles. The van der Waals surface area contributed by atoms with Gasteiger partial charge in [0.1, 0.15) is 28.6 Å². The predicted molar refractivity (Wildman–Crippen MR) is 109 cm³/mol. The molecule has 0 saturated heterocycles. The van der Waals surface area contributed by atoms with Gasteiger partial charge in [0.25, 0.3) is 11.8 Å². The normalized spacial score (nSPS) is 12.0. The van der Waals surface area contributed by atoms with Gasteiger partial charge in [0, 0.05) is 31.8 Å². The van der Waals surface area contributed by atoms with Crippen molar-refractivity contribution in [3.05, 3.63) is 82.2 Å². The maximum absolute atomic E-state index is 12.5. The van der Waals surface area contributed by atoms with Gasteiger partial charge in [-0.15, -0.1) is 0 Å². The number of pyridine rings is 1. The molecule has 0 radical (unpaired) electrons. The van der Waals surface area contributed by atoms with Crippen LogP contribution in [0.25, 0.3) is 0 Å². The van der Waals surface area contributed by atoms with Crippen molar-refractivity contribution in [3.63, 3.8) is 0 Å². The number of rotatable bonds is 6. The highest BCUT2D eigenvalue weighted by molar-refractivity contribution is 6.29. The fraction of sp³-hybridized carbons (Fsp3) is 0.190. The Kier molecular flexibility index (Phi) is 5.85. The van der Waals surface area contributed by atoms with Gasteiger partial charge in [-0.05, 0) is 34.9 Å². The molecule has 1 aliphatic rings. The van der Waals surface area contributed by atoms with Crippen LogP contribution in [-0.4, -0.2) is 33.4 Å². The number of benzene rings is 1. The molecule has 0 fully saturated rings. The summed E-state index contributed by atoms with van der Waals surface area (Å²) in [7, 11) is 0. The standard InChI is InChI=1S/C21H18ClN5O3/c22-19-8-14(3-5-23-19)11-25-21(29)17-9-16(26-12-27-17)20(28)24-10-13-1-2-18-15(7-13)4-6-30-18/h1-3,5,7-9,12H,4,6,10-11H2,(H,24,28)(H,25,29). The lowest BCUT2D eigenvalue weighted by Gasteiger charge is -2.08. The first-order valence-corrected chi connectivity index (χ1v) is 9.70. The zero-order chi connectivity index (χ0) is 20.9. The number of hydrogen-bond donors (Lipinski definition) is 2. The largest absolute Gasteiger partial charge is 0.493 e. The molecule has 3 heterocycles. The van der Waals surface area contributed by atoms with Gasteiger partial charge >= 0.3 is 0 Å². The molecular formula is C21H18ClN5O3. The molecule has 0 spiro atoms. The maximum Gasteiger partial charge on any atom is 0.270 e. The van der Waals surface area contributed by atoms with E-state index in [2.05, 4.69) is 25.6 Å². The first-order chi connectivity index (χ1) is 14.6. The van der Waals surface area contributed by atoms with Gasteiger partial charge in [-0.3, -0.25) is 9.59 Å². The maximum atomic E-state index is 12.5. The Bertz CT molecular complexity index is 1110. The molecule has 0 unspecified atom stereocenters. The highest BCUT2D eigenvalue weighted by Gasteiger charge is 2.15. The number of nitrogens with zero attached hydrogens (tertiary/aromatic N) is 3. The molecule has 3 aromatic rings. The van der Waals surface area contributed by atoms with Crippen molar-refractivity contribution in [1.82, 2.24) is 25.6 Å². The van der Waals surface area contributed by atoms with E-state index in [1.165, 1.54) is 12.4 Å². The number of carbonyl (C=O) groups excluding carboxylic acids is 2. The Balaban J connectivity index is 1.36. The van der Waals surface area contributed by atoms with Crippen molar-refractivity contribution < 1.29 is 14.3 Å². The average Bonchev–Trinajstić information content (AvgIpc) is 3.24. The number of nitrogens with one attached hydrogen (secondary N) is 2. The van der Waals surface area contributed by atoms with Crippen LogP contribution in [0, 0.1) is 0 Å². The van der Waals surface area contributed by atoms with Crippen LogP contribution in [-0.2, 0) is 19.5 Å². The van der Waals surface area contributed by atoms with E-state index in [0.29, 0.717) is 18.3 Å². The molecular weight excluding hydrogens is 406 g/mol. The molecule has 0 saturated carbocycles. The highest BCUT2D eigenvalue weighted by atomic mass is 35.5. The Morgan fingerprint density at radius 3 is 2.33 bits per heavy atom. The van der Waals surface area contributed by atoms with E-state index in [0.717, 1.165) is 28.9 Å². The van der Waals surface area contributed by atoms with Crippen LogP contribution in [0.5, 0.6) is 5.75 Å². The fourth-order valence-corrected chi connectivity index (χ4v) is 3.25.